The molecule has 0 spiro atoms. The number of benzene rings is 2. The molecule has 0 saturated carbocycles. The fourth-order valence-electron chi connectivity index (χ4n) is 2.30. The van der Waals surface area contributed by atoms with E-state index in [0.717, 1.165) is 11.3 Å². The van der Waals surface area contributed by atoms with Crippen molar-refractivity contribution in [2.24, 2.45) is 0 Å². The first-order chi connectivity index (χ1) is 11.8. The summed E-state index contributed by atoms with van der Waals surface area (Å²) >= 11 is 0. The van der Waals surface area contributed by atoms with E-state index in [9.17, 15) is 15.2 Å². The van der Waals surface area contributed by atoms with Gasteiger partial charge in [-0.15, -0.1) is 0 Å². The van der Waals surface area contributed by atoms with Gasteiger partial charge in [-0.3, -0.25) is 4.79 Å². The maximum absolute atomic E-state index is 12.2. The second kappa shape index (κ2) is 7.54. The van der Waals surface area contributed by atoms with Gasteiger partial charge in [0.15, 0.2) is 0 Å². The summed E-state index contributed by atoms with van der Waals surface area (Å²) in [6, 6.07) is 15.7. The maximum atomic E-state index is 12.2. The van der Waals surface area contributed by atoms with Crippen LogP contribution in [-0.4, -0.2) is 11.0 Å². The molecule has 25 heavy (non-hydrogen) atoms. The van der Waals surface area contributed by atoms with Gasteiger partial charge in [0.2, 0.25) is 0 Å². The van der Waals surface area contributed by atoms with Gasteiger partial charge in [-0.25, -0.2) is 0 Å². The number of hydrogen-bond acceptors (Lipinski definition) is 4. The lowest BCUT2D eigenvalue weighted by atomic mass is 9.86. The number of carbonyl (C=O) groups excluding carboxylic acids is 1. The van der Waals surface area contributed by atoms with Crippen LogP contribution in [0.2, 0.25) is 0 Å². The molecule has 0 aliphatic carbocycles. The van der Waals surface area contributed by atoms with Crippen LogP contribution in [0.3, 0.4) is 0 Å². The minimum Gasteiger partial charge on any atom is -0.508 e. The lowest BCUT2D eigenvalue weighted by Gasteiger charge is -2.22. The number of para-hydroxylation sites is 1. The van der Waals surface area contributed by atoms with Crippen LogP contribution in [0.25, 0.3) is 0 Å². The van der Waals surface area contributed by atoms with Crippen LogP contribution >= 0.6 is 0 Å². The van der Waals surface area contributed by atoms with Gasteiger partial charge < -0.3 is 15.7 Å². The van der Waals surface area contributed by atoms with Crippen LogP contribution in [0.4, 0.5) is 11.4 Å². The number of carbonyl (C=O) groups is 1. The first kappa shape index (κ1) is 18.1. The van der Waals surface area contributed by atoms with Crippen molar-refractivity contribution in [3.05, 3.63) is 65.9 Å². The minimum atomic E-state index is -0.520. The Hall–Kier alpha value is -3.26. The highest BCUT2D eigenvalue weighted by Gasteiger charge is 2.17. The van der Waals surface area contributed by atoms with E-state index in [0.29, 0.717) is 5.69 Å². The Balaban J connectivity index is 2.17. The number of nitrogens with zero attached hydrogens (tertiary/aromatic N) is 1. The summed E-state index contributed by atoms with van der Waals surface area (Å²) in [6.45, 7) is 6.29. The number of hydrogen-bond donors (Lipinski definition) is 3. The third-order valence-electron chi connectivity index (χ3n) is 3.60. The van der Waals surface area contributed by atoms with Crippen molar-refractivity contribution in [3.63, 3.8) is 0 Å². The van der Waals surface area contributed by atoms with Gasteiger partial charge in [0, 0.05) is 17.6 Å². The molecular weight excluding hydrogens is 314 g/mol. The van der Waals surface area contributed by atoms with E-state index in [2.05, 4.69) is 31.4 Å². The smallest absolute Gasteiger partial charge is 0.267 e. The number of phenolic OH excluding ortho intramolecular Hbond substituents is 1. The van der Waals surface area contributed by atoms with Gasteiger partial charge in [0.25, 0.3) is 5.91 Å². The second-order valence-electron chi connectivity index (χ2n) is 6.61. The predicted octanol–water partition coefficient (Wildman–Crippen LogP) is 4.15. The highest BCUT2D eigenvalue weighted by atomic mass is 16.3. The summed E-state index contributed by atoms with van der Waals surface area (Å²) in [5.41, 5.74) is 2.32. The number of nitrogens with one attached hydrogen (secondary N) is 2. The molecule has 0 aliphatic rings. The zero-order valence-corrected chi connectivity index (χ0v) is 14.5. The Morgan fingerprint density at radius 1 is 1.12 bits per heavy atom. The summed E-state index contributed by atoms with van der Waals surface area (Å²) in [5, 5.41) is 24.2. The van der Waals surface area contributed by atoms with E-state index >= 15 is 0 Å². The van der Waals surface area contributed by atoms with Gasteiger partial charge in [-0.05, 0) is 41.3 Å². The molecule has 0 unspecified atom stereocenters. The third kappa shape index (κ3) is 4.85. The van der Waals surface area contributed by atoms with Crippen LogP contribution in [0.15, 0.2) is 60.3 Å². The fourth-order valence-corrected chi connectivity index (χ4v) is 2.30. The number of amides is 1. The second-order valence-corrected chi connectivity index (χ2v) is 6.61. The fraction of sp³-hybridized carbons (Fsp3) is 0.200. The molecule has 0 aromatic heterocycles. The van der Waals surface area contributed by atoms with E-state index in [1.807, 2.05) is 30.3 Å². The average Bonchev–Trinajstić information content (AvgIpc) is 2.57. The van der Waals surface area contributed by atoms with E-state index in [1.54, 1.807) is 12.1 Å². The van der Waals surface area contributed by atoms with Crippen LogP contribution in [0.1, 0.15) is 26.3 Å². The molecule has 0 aliphatic heterocycles. The molecule has 2 rings (SSSR count). The van der Waals surface area contributed by atoms with E-state index in [4.69, 9.17) is 0 Å². The Morgan fingerprint density at radius 3 is 2.36 bits per heavy atom. The molecule has 5 heteroatoms. The summed E-state index contributed by atoms with van der Waals surface area (Å²) in [5.74, 6) is -0.413. The first-order valence-electron chi connectivity index (χ1n) is 7.88. The monoisotopic (exact) mass is 335 g/mol. The molecule has 0 fully saturated rings. The van der Waals surface area contributed by atoms with Crippen molar-refractivity contribution in [1.82, 2.24) is 0 Å². The van der Waals surface area contributed by atoms with Gasteiger partial charge in [0.1, 0.15) is 17.4 Å². The molecule has 0 radical (unpaired) electrons. The highest BCUT2D eigenvalue weighted by Crippen LogP contribution is 2.29. The van der Waals surface area contributed by atoms with E-state index in [-0.39, 0.29) is 16.7 Å². The Morgan fingerprint density at radius 2 is 1.76 bits per heavy atom. The topological polar surface area (TPSA) is 85.2 Å². The van der Waals surface area contributed by atoms with Crippen molar-refractivity contribution < 1.29 is 9.90 Å². The molecule has 2 aromatic rings. The Labute approximate surface area is 147 Å². The van der Waals surface area contributed by atoms with Crippen LogP contribution in [-0.2, 0) is 10.2 Å². The van der Waals surface area contributed by atoms with Crippen LogP contribution in [0, 0.1) is 11.3 Å². The molecular formula is C20H21N3O2. The van der Waals surface area contributed by atoms with Gasteiger partial charge in [0.05, 0.1) is 0 Å². The molecule has 2 aromatic carbocycles. The molecule has 0 heterocycles. The zero-order chi connectivity index (χ0) is 18.4. The molecule has 0 saturated heterocycles. The first-order valence-corrected chi connectivity index (χ1v) is 7.88. The lowest BCUT2D eigenvalue weighted by molar-refractivity contribution is -0.112. The van der Waals surface area contributed by atoms with Gasteiger partial charge in [-0.2, -0.15) is 5.26 Å². The SMILES string of the molecule is CC(C)(C)c1ccccc1N/C=C(/C#N)C(=O)Nc1ccc(O)cc1. The number of anilines is 2. The quantitative estimate of drug-likeness (QED) is 0.445. The summed E-state index contributed by atoms with van der Waals surface area (Å²) in [6.07, 6.45) is 1.40. The zero-order valence-electron chi connectivity index (χ0n) is 14.5. The predicted molar refractivity (Wildman–Crippen MR) is 99.2 cm³/mol. The summed E-state index contributed by atoms with van der Waals surface area (Å²) in [4.78, 5) is 12.2. The van der Waals surface area contributed by atoms with Gasteiger partial charge in [-0.1, -0.05) is 39.0 Å². The van der Waals surface area contributed by atoms with Crippen molar-refractivity contribution in [1.29, 1.82) is 5.26 Å². The van der Waals surface area contributed by atoms with Crippen molar-refractivity contribution in [2.45, 2.75) is 26.2 Å². The number of rotatable bonds is 4. The largest absolute Gasteiger partial charge is 0.508 e. The summed E-state index contributed by atoms with van der Waals surface area (Å²) < 4.78 is 0. The number of aromatic hydroxyl groups is 1. The normalized spacial score (nSPS) is 11.5. The van der Waals surface area contributed by atoms with Crippen molar-refractivity contribution in [3.8, 4) is 11.8 Å². The van der Waals surface area contributed by atoms with E-state index < -0.39 is 5.91 Å². The molecule has 1 amide bonds. The molecule has 0 bridgehead atoms. The molecule has 3 N–H and O–H groups in total. The standard InChI is InChI=1S/C20H21N3O2/c1-20(2,3)17-6-4-5-7-18(17)22-13-14(12-21)19(25)23-15-8-10-16(24)11-9-15/h4-11,13,22,24H,1-3H3,(H,23,25)/b14-13-. The summed E-state index contributed by atoms with van der Waals surface area (Å²) in [7, 11) is 0. The number of phenols is 1. The molecule has 128 valence electrons. The number of nitriles is 1. The lowest BCUT2D eigenvalue weighted by Crippen LogP contribution is -2.16. The Kier molecular flexibility index (Phi) is 5.45. The molecule has 0 atom stereocenters. The van der Waals surface area contributed by atoms with E-state index in [1.165, 1.54) is 18.3 Å². The highest BCUT2D eigenvalue weighted by molar-refractivity contribution is 6.06. The maximum Gasteiger partial charge on any atom is 0.267 e. The van der Waals surface area contributed by atoms with Gasteiger partial charge >= 0.3 is 0 Å². The minimum absolute atomic E-state index is 0.0446. The van der Waals surface area contributed by atoms with Crippen molar-refractivity contribution >= 4 is 17.3 Å². The van der Waals surface area contributed by atoms with Crippen LogP contribution < -0.4 is 10.6 Å². The third-order valence-corrected chi connectivity index (χ3v) is 3.60. The molecule has 5 nitrogen and oxygen atoms in total. The van der Waals surface area contributed by atoms with Crippen molar-refractivity contribution in [2.75, 3.05) is 10.6 Å². The average molecular weight is 335 g/mol. The Bertz CT molecular complexity index is 825. The van der Waals surface area contributed by atoms with Crippen LogP contribution in [0.5, 0.6) is 5.75 Å².